The quantitative estimate of drug-likeness (QED) is 0.841. The lowest BCUT2D eigenvalue weighted by molar-refractivity contribution is -0.163. The number of aliphatic carboxylic acids is 1. The number of rotatable bonds is 2. The average Bonchev–Trinajstić information content (AvgIpc) is 2.56. The number of methoxy groups -OCH3 is 1. The van der Waals surface area contributed by atoms with Gasteiger partial charge in [0.2, 0.25) is 0 Å². The van der Waals surface area contributed by atoms with E-state index in [0.717, 1.165) is 11.1 Å². The summed E-state index contributed by atoms with van der Waals surface area (Å²) in [6.45, 7) is 0. The van der Waals surface area contributed by atoms with E-state index < -0.39 is 11.6 Å². The van der Waals surface area contributed by atoms with Crippen LogP contribution in [0.3, 0.4) is 0 Å². The number of halogens is 1. The Kier molecular flexibility index (Phi) is 2.44. The topological polar surface area (TPSA) is 46.5 Å². The Morgan fingerprint density at radius 1 is 1.60 bits per heavy atom. The van der Waals surface area contributed by atoms with Crippen LogP contribution in [0.5, 0.6) is 0 Å². The van der Waals surface area contributed by atoms with Gasteiger partial charge in [-0.3, -0.25) is 0 Å². The van der Waals surface area contributed by atoms with Gasteiger partial charge >= 0.3 is 5.97 Å². The molecular formula is C11H11ClO3. The lowest BCUT2D eigenvalue weighted by Crippen LogP contribution is -2.35. The van der Waals surface area contributed by atoms with Gasteiger partial charge in [-0.25, -0.2) is 4.79 Å². The maximum Gasteiger partial charge on any atom is 0.340 e. The van der Waals surface area contributed by atoms with Crippen molar-refractivity contribution in [3.63, 3.8) is 0 Å². The van der Waals surface area contributed by atoms with E-state index in [9.17, 15) is 9.90 Å². The van der Waals surface area contributed by atoms with Crippen molar-refractivity contribution in [2.24, 2.45) is 0 Å². The zero-order valence-corrected chi connectivity index (χ0v) is 9.04. The van der Waals surface area contributed by atoms with Crippen LogP contribution in [0.1, 0.15) is 17.5 Å². The fourth-order valence-corrected chi connectivity index (χ4v) is 2.32. The molecule has 1 aromatic carbocycles. The van der Waals surface area contributed by atoms with Crippen LogP contribution in [0.25, 0.3) is 0 Å². The Balaban J connectivity index is 2.56. The molecule has 3 nitrogen and oxygen atoms in total. The Hall–Kier alpha value is -1.06. The van der Waals surface area contributed by atoms with Crippen molar-refractivity contribution in [1.82, 2.24) is 0 Å². The third-order valence-corrected chi connectivity index (χ3v) is 3.18. The van der Waals surface area contributed by atoms with Crippen LogP contribution >= 0.6 is 11.6 Å². The molecule has 0 radical (unpaired) electrons. The van der Waals surface area contributed by atoms with E-state index in [1.54, 1.807) is 18.2 Å². The summed E-state index contributed by atoms with van der Waals surface area (Å²) in [5.74, 6) is -0.939. The van der Waals surface area contributed by atoms with Crippen molar-refractivity contribution in [1.29, 1.82) is 0 Å². The molecule has 0 saturated heterocycles. The molecule has 15 heavy (non-hydrogen) atoms. The molecule has 0 saturated carbocycles. The summed E-state index contributed by atoms with van der Waals surface area (Å²) >= 11 is 5.85. The van der Waals surface area contributed by atoms with Gasteiger partial charge < -0.3 is 9.84 Å². The lowest BCUT2D eigenvalue weighted by Gasteiger charge is -2.23. The number of fused-ring (bicyclic) bond motifs is 1. The van der Waals surface area contributed by atoms with Crippen molar-refractivity contribution in [3.05, 3.63) is 34.3 Å². The number of carboxylic acid groups (broad SMARTS) is 1. The third kappa shape index (κ3) is 1.43. The summed E-state index contributed by atoms with van der Waals surface area (Å²) in [5.41, 5.74) is 0.508. The monoisotopic (exact) mass is 226 g/mol. The van der Waals surface area contributed by atoms with Crippen molar-refractivity contribution in [2.75, 3.05) is 7.11 Å². The number of benzene rings is 1. The summed E-state index contributed by atoms with van der Waals surface area (Å²) in [4.78, 5) is 11.2. The predicted molar refractivity (Wildman–Crippen MR) is 56.1 cm³/mol. The van der Waals surface area contributed by atoms with Gasteiger partial charge in [0.05, 0.1) is 0 Å². The van der Waals surface area contributed by atoms with Crippen molar-refractivity contribution in [2.45, 2.75) is 18.4 Å². The summed E-state index contributed by atoms with van der Waals surface area (Å²) in [6.07, 6.45) is 1.16. The summed E-state index contributed by atoms with van der Waals surface area (Å²) in [5, 5.41) is 9.85. The minimum atomic E-state index is -1.18. The molecule has 0 fully saturated rings. The van der Waals surface area contributed by atoms with Gasteiger partial charge in [0.25, 0.3) is 0 Å². The second kappa shape index (κ2) is 3.51. The molecule has 1 aromatic rings. The standard InChI is InChI=1S/C11H11ClO3/c1-15-11(10(13)14)5-4-7-6-8(12)2-3-9(7)11/h2-3,6H,4-5H2,1H3,(H,13,14). The van der Waals surface area contributed by atoms with Crippen LogP contribution in [0, 0.1) is 0 Å². The summed E-state index contributed by atoms with van der Waals surface area (Å²) in [7, 11) is 1.43. The fraction of sp³-hybridized carbons (Fsp3) is 0.364. The largest absolute Gasteiger partial charge is 0.479 e. The highest BCUT2D eigenvalue weighted by Crippen LogP contribution is 2.40. The number of aryl methyl sites for hydroxylation is 1. The molecule has 80 valence electrons. The van der Waals surface area contributed by atoms with Crippen LogP contribution in [0.2, 0.25) is 5.02 Å². The summed E-state index contributed by atoms with van der Waals surface area (Å²) < 4.78 is 5.18. The van der Waals surface area contributed by atoms with Crippen LogP contribution in [0.15, 0.2) is 18.2 Å². The molecule has 0 amide bonds. The predicted octanol–water partition coefficient (Wildman–Crippen LogP) is 2.21. The molecule has 0 heterocycles. The summed E-state index contributed by atoms with van der Waals surface area (Å²) in [6, 6.07) is 5.24. The third-order valence-electron chi connectivity index (χ3n) is 2.94. The van der Waals surface area contributed by atoms with E-state index in [-0.39, 0.29) is 0 Å². The van der Waals surface area contributed by atoms with Crippen LogP contribution in [-0.4, -0.2) is 18.2 Å². The average molecular weight is 227 g/mol. The first-order valence-electron chi connectivity index (χ1n) is 4.67. The van der Waals surface area contributed by atoms with Gasteiger partial charge in [0.1, 0.15) is 0 Å². The highest BCUT2D eigenvalue weighted by atomic mass is 35.5. The Labute approximate surface area is 92.6 Å². The Morgan fingerprint density at radius 2 is 2.33 bits per heavy atom. The first-order valence-corrected chi connectivity index (χ1v) is 5.05. The van der Waals surface area contributed by atoms with Gasteiger partial charge in [0.15, 0.2) is 5.60 Å². The Bertz CT molecular complexity index is 416. The molecule has 2 rings (SSSR count). The maximum atomic E-state index is 11.2. The maximum absolute atomic E-state index is 11.2. The molecule has 1 N–H and O–H groups in total. The number of carboxylic acids is 1. The molecule has 0 aromatic heterocycles. The van der Waals surface area contributed by atoms with E-state index in [1.807, 2.05) is 0 Å². The highest BCUT2D eigenvalue weighted by molar-refractivity contribution is 6.30. The van der Waals surface area contributed by atoms with Crippen LogP contribution in [-0.2, 0) is 21.6 Å². The van der Waals surface area contributed by atoms with E-state index in [2.05, 4.69) is 0 Å². The van der Waals surface area contributed by atoms with Gasteiger partial charge in [-0.2, -0.15) is 0 Å². The molecule has 1 aliphatic rings. The smallest absolute Gasteiger partial charge is 0.340 e. The lowest BCUT2D eigenvalue weighted by atomic mass is 9.96. The molecule has 1 aliphatic carbocycles. The minimum Gasteiger partial charge on any atom is -0.479 e. The first kappa shape index (κ1) is 10.5. The SMILES string of the molecule is COC1(C(=O)O)CCc2cc(Cl)ccc21. The number of ether oxygens (including phenoxy) is 1. The van der Waals surface area contributed by atoms with E-state index >= 15 is 0 Å². The molecule has 4 heteroatoms. The first-order chi connectivity index (χ1) is 7.10. The van der Waals surface area contributed by atoms with E-state index in [4.69, 9.17) is 16.3 Å². The minimum absolute atomic E-state index is 0.467. The van der Waals surface area contributed by atoms with Crippen LogP contribution in [0.4, 0.5) is 0 Å². The Morgan fingerprint density at radius 3 is 2.93 bits per heavy atom. The highest BCUT2D eigenvalue weighted by Gasteiger charge is 2.45. The van der Waals surface area contributed by atoms with Crippen molar-refractivity contribution < 1.29 is 14.6 Å². The molecule has 0 bridgehead atoms. The molecule has 0 aliphatic heterocycles. The zero-order chi connectivity index (χ0) is 11.1. The molecule has 0 spiro atoms. The number of hydrogen-bond donors (Lipinski definition) is 1. The van der Waals surface area contributed by atoms with E-state index in [1.165, 1.54) is 7.11 Å². The van der Waals surface area contributed by atoms with E-state index in [0.29, 0.717) is 17.9 Å². The van der Waals surface area contributed by atoms with Crippen LogP contribution < -0.4 is 0 Å². The van der Waals surface area contributed by atoms with Gasteiger partial charge in [-0.1, -0.05) is 17.7 Å². The normalized spacial score (nSPS) is 23.9. The number of hydrogen-bond acceptors (Lipinski definition) is 2. The second-order valence-corrected chi connectivity index (χ2v) is 4.07. The zero-order valence-electron chi connectivity index (χ0n) is 8.29. The fourth-order valence-electron chi connectivity index (χ4n) is 2.13. The van der Waals surface area contributed by atoms with Crippen molar-refractivity contribution >= 4 is 17.6 Å². The molecule has 1 atom stereocenters. The second-order valence-electron chi connectivity index (χ2n) is 3.64. The molecule has 1 unspecified atom stereocenters. The van der Waals surface area contributed by atoms with Gasteiger partial charge in [-0.15, -0.1) is 0 Å². The van der Waals surface area contributed by atoms with Gasteiger partial charge in [-0.05, 0) is 36.1 Å². The van der Waals surface area contributed by atoms with Crippen molar-refractivity contribution in [3.8, 4) is 0 Å². The number of carbonyl (C=O) groups is 1. The van der Waals surface area contributed by atoms with Gasteiger partial charge in [0, 0.05) is 12.1 Å². The molecular weight excluding hydrogens is 216 g/mol.